The predicted octanol–water partition coefficient (Wildman–Crippen LogP) is 3.05. The zero-order valence-electron chi connectivity index (χ0n) is 13.0. The van der Waals surface area contributed by atoms with Crippen LogP contribution in [0.25, 0.3) is 0 Å². The monoisotopic (exact) mass is 295 g/mol. The van der Waals surface area contributed by atoms with Crippen LogP contribution in [0.4, 0.5) is 0 Å². The van der Waals surface area contributed by atoms with Gasteiger partial charge in [0.15, 0.2) is 0 Å². The molecule has 0 aromatic rings. The molecule has 1 aliphatic carbocycles. The van der Waals surface area contributed by atoms with Gasteiger partial charge in [0.05, 0.1) is 6.10 Å². The van der Waals surface area contributed by atoms with Crippen LogP contribution in [-0.2, 0) is 9.53 Å². The molecule has 2 heterocycles. The standard InChI is InChI=1S/C17H29NO3/c19-17(20)16-10-9-13-5-1-2-8-15(13)18(16)11-3-6-14-7-4-12-21-14/h13-16H,1-12H2,(H,19,20). The van der Waals surface area contributed by atoms with E-state index in [0.717, 1.165) is 44.8 Å². The van der Waals surface area contributed by atoms with Crippen LogP contribution >= 0.6 is 0 Å². The van der Waals surface area contributed by atoms with Gasteiger partial charge in [0.2, 0.25) is 0 Å². The number of carboxylic acid groups (broad SMARTS) is 1. The van der Waals surface area contributed by atoms with Crippen molar-refractivity contribution < 1.29 is 14.6 Å². The van der Waals surface area contributed by atoms with Gasteiger partial charge in [0.1, 0.15) is 6.04 Å². The zero-order chi connectivity index (χ0) is 14.7. The van der Waals surface area contributed by atoms with Crippen molar-refractivity contribution in [3.63, 3.8) is 0 Å². The summed E-state index contributed by atoms with van der Waals surface area (Å²) in [5, 5.41) is 9.54. The molecule has 0 radical (unpaired) electrons. The minimum Gasteiger partial charge on any atom is -0.480 e. The molecule has 3 aliphatic rings. The first kappa shape index (κ1) is 15.3. The van der Waals surface area contributed by atoms with E-state index in [1.54, 1.807) is 0 Å². The highest BCUT2D eigenvalue weighted by Crippen LogP contribution is 2.38. The molecule has 2 saturated heterocycles. The molecule has 0 spiro atoms. The summed E-state index contributed by atoms with van der Waals surface area (Å²) in [4.78, 5) is 13.9. The smallest absolute Gasteiger partial charge is 0.320 e. The zero-order valence-corrected chi connectivity index (χ0v) is 13.0. The highest BCUT2D eigenvalue weighted by atomic mass is 16.5. The Labute approximate surface area is 127 Å². The molecule has 1 saturated carbocycles. The second kappa shape index (κ2) is 7.10. The van der Waals surface area contributed by atoms with Crippen LogP contribution in [-0.4, -0.2) is 47.3 Å². The lowest BCUT2D eigenvalue weighted by molar-refractivity contribution is -0.148. The lowest BCUT2D eigenvalue weighted by Crippen LogP contribution is -2.55. The number of carbonyl (C=O) groups is 1. The SMILES string of the molecule is O=C(O)C1CCC2CCCCC2N1CCCC1CCCO1. The Bertz CT molecular complexity index is 354. The highest BCUT2D eigenvalue weighted by Gasteiger charge is 2.40. The Morgan fingerprint density at radius 1 is 1.10 bits per heavy atom. The summed E-state index contributed by atoms with van der Waals surface area (Å²) in [5.74, 6) is 0.133. The molecule has 4 heteroatoms. The van der Waals surface area contributed by atoms with E-state index >= 15 is 0 Å². The molecule has 0 amide bonds. The molecule has 0 aromatic carbocycles. The fourth-order valence-electron chi connectivity index (χ4n) is 4.69. The molecule has 3 rings (SSSR count). The molecule has 4 atom stereocenters. The van der Waals surface area contributed by atoms with Crippen molar-refractivity contribution in [2.45, 2.75) is 82.4 Å². The van der Waals surface area contributed by atoms with E-state index in [4.69, 9.17) is 4.74 Å². The van der Waals surface area contributed by atoms with Gasteiger partial charge in [0, 0.05) is 12.6 Å². The summed E-state index contributed by atoms with van der Waals surface area (Å²) in [6.45, 7) is 1.86. The number of hydrogen-bond acceptors (Lipinski definition) is 3. The molecule has 120 valence electrons. The number of fused-ring (bicyclic) bond motifs is 1. The van der Waals surface area contributed by atoms with Crippen LogP contribution in [0.5, 0.6) is 0 Å². The summed E-state index contributed by atoms with van der Waals surface area (Å²) in [6.07, 6.45) is 12.1. The average Bonchev–Trinajstić information content (AvgIpc) is 3.00. The Hall–Kier alpha value is -0.610. The predicted molar refractivity (Wildman–Crippen MR) is 81.3 cm³/mol. The molecule has 3 fully saturated rings. The number of likely N-dealkylation sites (tertiary alicyclic amines) is 1. The third-order valence-electron chi connectivity index (χ3n) is 5.76. The van der Waals surface area contributed by atoms with E-state index in [1.165, 1.54) is 38.5 Å². The number of carboxylic acids is 1. The van der Waals surface area contributed by atoms with Gasteiger partial charge in [-0.15, -0.1) is 0 Å². The van der Waals surface area contributed by atoms with Crippen LogP contribution in [0.3, 0.4) is 0 Å². The summed E-state index contributed by atoms with van der Waals surface area (Å²) in [6, 6.07) is 0.284. The minimum absolute atomic E-state index is 0.242. The van der Waals surface area contributed by atoms with Crippen LogP contribution in [0.1, 0.15) is 64.2 Å². The molecule has 21 heavy (non-hydrogen) atoms. The van der Waals surface area contributed by atoms with Gasteiger partial charge < -0.3 is 9.84 Å². The quantitative estimate of drug-likeness (QED) is 0.847. The minimum atomic E-state index is -0.615. The molecular formula is C17H29NO3. The summed E-state index contributed by atoms with van der Waals surface area (Å²) >= 11 is 0. The van der Waals surface area contributed by atoms with Crippen molar-refractivity contribution in [2.75, 3.05) is 13.2 Å². The number of rotatable bonds is 5. The van der Waals surface area contributed by atoms with Crippen LogP contribution in [0.2, 0.25) is 0 Å². The molecule has 0 bridgehead atoms. The van der Waals surface area contributed by atoms with Gasteiger partial charge >= 0.3 is 5.97 Å². The second-order valence-corrected chi connectivity index (χ2v) is 7.06. The fraction of sp³-hybridized carbons (Fsp3) is 0.941. The highest BCUT2D eigenvalue weighted by molar-refractivity contribution is 5.73. The van der Waals surface area contributed by atoms with Crippen molar-refractivity contribution in [1.82, 2.24) is 4.90 Å². The molecule has 4 nitrogen and oxygen atoms in total. The van der Waals surface area contributed by atoms with E-state index < -0.39 is 5.97 Å². The van der Waals surface area contributed by atoms with E-state index in [-0.39, 0.29) is 6.04 Å². The molecule has 4 unspecified atom stereocenters. The Morgan fingerprint density at radius 3 is 2.71 bits per heavy atom. The van der Waals surface area contributed by atoms with E-state index in [2.05, 4.69) is 4.90 Å². The topological polar surface area (TPSA) is 49.8 Å². The first-order chi connectivity index (χ1) is 10.3. The van der Waals surface area contributed by atoms with Crippen LogP contribution in [0, 0.1) is 5.92 Å². The van der Waals surface area contributed by atoms with Gasteiger partial charge in [-0.05, 0) is 63.8 Å². The maximum atomic E-state index is 11.6. The summed E-state index contributed by atoms with van der Waals surface area (Å²) in [7, 11) is 0. The van der Waals surface area contributed by atoms with Gasteiger partial charge in [-0.25, -0.2) is 0 Å². The van der Waals surface area contributed by atoms with Gasteiger partial charge in [-0.1, -0.05) is 12.8 Å². The van der Waals surface area contributed by atoms with E-state index in [1.807, 2.05) is 0 Å². The van der Waals surface area contributed by atoms with Crippen LogP contribution in [0.15, 0.2) is 0 Å². The van der Waals surface area contributed by atoms with Gasteiger partial charge in [-0.3, -0.25) is 9.69 Å². The van der Waals surface area contributed by atoms with Crippen molar-refractivity contribution in [3.05, 3.63) is 0 Å². The Morgan fingerprint density at radius 2 is 1.95 bits per heavy atom. The Balaban J connectivity index is 1.57. The van der Waals surface area contributed by atoms with Crippen molar-refractivity contribution >= 4 is 5.97 Å². The summed E-state index contributed by atoms with van der Waals surface area (Å²) in [5.41, 5.74) is 0. The molecule has 2 aliphatic heterocycles. The van der Waals surface area contributed by atoms with Crippen molar-refractivity contribution in [1.29, 1.82) is 0 Å². The van der Waals surface area contributed by atoms with E-state index in [0.29, 0.717) is 12.1 Å². The third kappa shape index (κ3) is 3.59. The molecule has 0 aromatic heterocycles. The van der Waals surface area contributed by atoms with Gasteiger partial charge in [0.25, 0.3) is 0 Å². The van der Waals surface area contributed by atoms with Gasteiger partial charge in [-0.2, -0.15) is 0 Å². The third-order valence-corrected chi connectivity index (χ3v) is 5.76. The maximum Gasteiger partial charge on any atom is 0.320 e. The first-order valence-electron chi connectivity index (χ1n) is 8.86. The average molecular weight is 295 g/mol. The number of hydrogen-bond donors (Lipinski definition) is 1. The fourth-order valence-corrected chi connectivity index (χ4v) is 4.69. The molecule has 1 N–H and O–H groups in total. The lowest BCUT2D eigenvalue weighted by atomic mass is 9.76. The normalized spacial score (nSPS) is 37.3. The van der Waals surface area contributed by atoms with Crippen molar-refractivity contribution in [2.24, 2.45) is 5.92 Å². The largest absolute Gasteiger partial charge is 0.480 e. The Kier molecular flexibility index (Phi) is 5.17. The first-order valence-corrected chi connectivity index (χ1v) is 8.86. The number of aliphatic carboxylic acids is 1. The lowest BCUT2D eigenvalue weighted by Gasteiger charge is -2.47. The molecular weight excluding hydrogens is 266 g/mol. The second-order valence-electron chi connectivity index (χ2n) is 7.06. The number of nitrogens with zero attached hydrogens (tertiary/aromatic N) is 1. The summed E-state index contributed by atoms with van der Waals surface area (Å²) < 4.78 is 5.69. The number of ether oxygens (including phenoxy) is 1. The van der Waals surface area contributed by atoms with Crippen molar-refractivity contribution in [3.8, 4) is 0 Å². The maximum absolute atomic E-state index is 11.6. The van der Waals surface area contributed by atoms with Crippen LogP contribution < -0.4 is 0 Å². The number of piperidine rings is 1. The van der Waals surface area contributed by atoms with E-state index in [9.17, 15) is 9.90 Å².